The first kappa shape index (κ1) is 14.7. The molecule has 0 saturated carbocycles. The molecule has 0 radical (unpaired) electrons. The molecular formula is C12H12N3O3PS. The van der Waals surface area contributed by atoms with Crippen molar-refractivity contribution in [3.05, 3.63) is 35.2 Å². The summed E-state index contributed by atoms with van der Waals surface area (Å²) in [6.07, 6.45) is 0. The highest BCUT2D eigenvalue weighted by Gasteiger charge is 2.25. The van der Waals surface area contributed by atoms with Crippen LogP contribution in [0, 0.1) is 11.3 Å². The van der Waals surface area contributed by atoms with Gasteiger partial charge in [0.2, 0.25) is 0 Å². The molecule has 0 aromatic carbocycles. The van der Waals surface area contributed by atoms with E-state index in [-0.39, 0.29) is 11.4 Å². The first-order valence-corrected chi connectivity index (χ1v) is 8.24. The van der Waals surface area contributed by atoms with Gasteiger partial charge in [0.05, 0.1) is 16.1 Å². The Balaban J connectivity index is 2.38. The molecule has 104 valence electrons. The lowest BCUT2D eigenvalue weighted by Gasteiger charge is -2.17. The van der Waals surface area contributed by atoms with E-state index >= 15 is 0 Å². The molecule has 6 nitrogen and oxygen atoms in total. The minimum atomic E-state index is -4.29. The molecule has 0 amide bonds. The highest BCUT2D eigenvalue weighted by atomic mass is 32.1. The third-order valence-corrected chi connectivity index (χ3v) is 4.67. The summed E-state index contributed by atoms with van der Waals surface area (Å²) in [7, 11) is -4.29. The molecule has 3 N–H and O–H groups in total. The number of nitrogens with one attached hydrogen (secondary N) is 1. The topological polar surface area (TPSA) is 106 Å². The molecule has 0 aliphatic heterocycles. The molecule has 8 heteroatoms. The zero-order chi connectivity index (χ0) is 14.8. The number of hydrogen-bond donors (Lipinski definition) is 3. The van der Waals surface area contributed by atoms with Crippen molar-refractivity contribution in [1.29, 1.82) is 5.26 Å². The standard InChI is InChI=1S/C12H12N3O3PS/c1-8(19(16,17)18)14-12-9(7-13)4-5-10(15-12)11-3-2-6-20-11/h2-6,8H,1H3,(H,14,15)(H2,16,17,18). The van der Waals surface area contributed by atoms with Crippen molar-refractivity contribution in [2.75, 3.05) is 5.32 Å². The molecule has 2 aromatic rings. The molecule has 2 heterocycles. The van der Waals surface area contributed by atoms with E-state index in [1.165, 1.54) is 18.3 Å². The van der Waals surface area contributed by atoms with Gasteiger partial charge in [0.15, 0.2) is 0 Å². The van der Waals surface area contributed by atoms with Gasteiger partial charge in [0.25, 0.3) is 0 Å². The number of rotatable bonds is 4. The maximum absolute atomic E-state index is 11.2. The van der Waals surface area contributed by atoms with Gasteiger partial charge in [0.1, 0.15) is 17.7 Å². The Kier molecular flexibility index (Phi) is 4.21. The van der Waals surface area contributed by atoms with E-state index in [4.69, 9.17) is 15.0 Å². The fourth-order valence-corrected chi connectivity index (χ4v) is 2.49. The lowest BCUT2D eigenvalue weighted by atomic mass is 10.2. The predicted molar refractivity (Wildman–Crippen MR) is 77.4 cm³/mol. The normalized spacial score (nSPS) is 12.7. The highest BCUT2D eigenvalue weighted by Crippen LogP contribution is 2.41. The Morgan fingerprint density at radius 2 is 2.20 bits per heavy atom. The largest absolute Gasteiger partial charge is 0.355 e. The summed E-state index contributed by atoms with van der Waals surface area (Å²) in [6.45, 7) is 1.35. The van der Waals surface area contributed by atoms with Crippen LogP contribution in [-0.2, 0) is 4.57 Å². The average molecular weight is 309 g/mol. The van der Waals surface area contributed by atoms with E-state index in [1.54, 1.807) is 12.1 Å². The quantitative estimate of drug-likeness (QED) is 0.750. The van der Waals surface area contributed by atoms with Crippen LogP contribution in [0.4, 0.5) is 5.82 Å². The van der Waals surface area contributed by atoms with Gasteiger partial charge < -0.3 is 15.1 Å². The molecule has 2 rings (SSSR count). The monoisotopic (exact) mass is 309 g/mol. The van der Waals surface area contributed by atoms with Crippen LogP contribution in [0.2, 0.25) is 0 Å². The zero-order valence-corrected chi connectivity index (χ0v) is 12.2. The summed E-state index contributed by atoms with van der Waals surface area (Å²) in [4.78, 5) is 23.4. The summed E-state index contributed by atoms with van der Waals surface area (Å²) < 4.78 is 11.2. The number of nitrogens with zero attached hydrogens (tertiary/aromatic N) is 2. The third-order valence-electron chi connectivity index (χ3n) is 2.64. The van der Waals surface area contributed by atoms with Crippen LogP contribution in [0.25, 0.3) is 10.6 Å². The van der Waals surface area contributed by atoms with Gasteiger partial charge in [-0.3, -0.25) is 4.57 Å². The van der Waals surface area contributed by atoms with E-state index in [2.05, 4.69) is 10.3 Å². The van der Waals surface area contributed by atoms with E-state index in [0.717, 1.165) is 4.88 Å². The van der Waals surface area contributed by atoms with E-state index in [0.29, 0.717) is 5.69 Å². The number of nitriles is 1. The molecule has 0 spiro atoms. The van der Waals surface area contributed by atoms with Crippen molar-refractivity contribution in [1.82, 2.24) is 4.98 Å². The smallest absolute Gasteiger partial charge is 0.347 e. The van der Waals surface area contributed by atoms with Gasteiger partial charge >= 0.3 is 7.60 Å². The minimum Gasteiger partial charge on any atom is -0.355 e. The molecular weight excluding hydrogens is 297 g/mol. The lowest BCUT2D eigenvalue weighted by molar-refractivity contribution is 0.364. The number of anilines is 1. The van der Waals surface area contributed by atoms with Crippen LogP contribution in [0.15, 0.2) is 29.6 Å². The molecule has 0 bridgehead atoms. The number of pyridine rings is 1. The van der Waals surface area contributed by atoms with Crippen LogP contribution >= 0.6 is 18.9 Å². The van der Waals surface area contributed by atoms with E-state index in [9.17, 15) is 4.57 Å². The highest BCUT2D eigenvalue weighted by molar-refractivity contribution is 7.52. The Morgan fingerprint density at radius 1 is 1.45 bits per heavy atom. The summed E-state index contributed by atoms with van der Waals surface area (Å²) in [5.41, 5.74) is 0.894. The average Bonchev–Trinajstić information content (AvgIpc) is 2.91. The van der Waals surface area contributed by atoms with Crippen LogP contribution in [0.5, 0.6) is 0 Å². The van der Waals surface area contributed by atoms with Gasteiger partial charge in [-0.2, -0.15) is 5.26 Å². The Hall–Kier alpha value is -1.71. The molecule has 0 saturated heterocycles. The molecule has 2 aromatic heterocycles. The second kappa shape index (κ2) is 5.73. The molecule has 0 aliphatic rings. The van der Waals surface area contributed by atoms with Crippen LogP contribution < -0.4 is 5.32 Å². The van der Waals surface area contributed by atoms with Gasteiger partial charge in [-0.15, -0.1) is 11.3 Å². The second-order valence-corrected chi connectivity index (χ2v) is 6.99. The number of hydrogen-bond acceptors (Lipinski definition) is 5. The van der Waals surface area contributed by atoms with Gasteiger partial charge in [-0.05, 0) is 30.5 Å². The molecule has 0 aliphatic carbocycles. The predicted octanol–water partition coefficient (Wildman–Crippen LogP) is 2.62. The molecule has 20 heavy (non-hydrogen) atoms. The minimum absolute atomic E-state index is 0.175. The molecule has 0 fully saturated rings. The zero-order valence-electron chi connectivity index (χ0n) is 10.5. The molecule has 1 atom stereocenters. The van der Waals surface area contributed by atoms with E-state index in [1.807, 2.05) is 23.6 Å². The fraction of sp³-hybridized carbons (Fsp3) is 0.167. The summed E-state index contributed by atoms with van der Waals surface area (Å²) in [6, 6.07) is 9.00. The number of thiophene rings is 1. The SMILES string of the molecule is CC(Nc1nc(-c2cccs2)ccc1C#N)P(=O)(O)O. The van der Waals surface area contributed by atoms with E-state index < -0.39 is 13.4 Å². The first-order chi connectivity index (χ1) is 9.41. The summed E-state index contributed by atoms with van der Waals surface area (Å²) >= 11 is 1.50. The summed E-state index contributed by atoms with van der Waals surface area (Å²) in [5.74, 6) is -0.935. The Morgan fingerprint density at radius 3 is 2.75 bits per heavy atom. The number of aromatic nitrogens is 1. The summed E-state index contributed by atoms with van der Waals surface area (Å²) in [5, 5.41) is 13.5. The van der Waals surface area contributed by atoms with Crippen molar-refractivity contribution >= 4 is 24.8 Å². The van der Waals surface area contributed by atoms with Crippen molar-refractivity contribution < 1.29 is 14.4 Å². The molecule has 1 unspecified atom stereocenters. The maximum atomic E-state index is 11.2. The second-order valence-electron chi connectivity index (χ2n) is 4.09. The fourth-order valence-electron chi connectivity index (χ4n) is 1.50. The van der Waals surface area contributed by atoms with Crippen LogP contribution in [0.1, 0.15) is 12.5 Å². The van der Waals surface area contributed by atoms with Crippen molar-refractivity contribution in [2.45, 2.75) is 12.7 Å². The first-order valence-electron chi connectivity index (χ1n) is 5.68. The van der Waals surface area contributed by atoms with Crippen molar-refractivity contribution in [3.63, 3.8) is 0 Å². The van der Waals surface area contributed by atoms with Crippen molar-refractivity contribution in [2.24, 2.45) is 0 Å². The maximum Gasteiger partial charge on any atom is 0.347 e. The lowest BCUT2D eigenvalue weighted by Crippen LogP contribution is -2.17. The van der Waals surface area contributed by atoms with Gasteiger partial charge in [0, 0.05) is 0 Å². The van der Waals surface area contributed by atoms with Crippen LogP contribution in [-0.4, -0.2) is 20.6 Å². The van der Waals surface area contributed by atoms with Crippen molar-refractivity contribution in [3.8, 4) is 16.6 Å². The Bertz CT molecular complexity index is 690. The van der Waals surface area contributed by atoms with Crippen LogP contribution in [0.3, 0.4) is 0 Å². The van der Waals surface area contributed by atoms with Gasteiger partial charge in [-0.1, -0.05) is 6.07 Å². The third kappa shape index (κ3) is 3.24. The van der Waals surface area contributed by atoms with Gasteiger partial charge in [-0.25, -0.2) is 4.98 Å². The Labute approximate surface area is 119 Å².